The quantitative estimate of drug-likeness (QED) is 0.245. The number of carbonyl (C=O) groups excluding carboxylic acids is 1. The van der Waals surface area contributed by atoms with Crippen LogP contribution < -0.4 is 10.6 Å². The average Bonchev–Trinajstić information content (AvgIpc) is 3.33. The van der Waals surface area contributed by atoms with E-state index in [0.29, 0.717) is 17.6 Å². The molecule has 2 heterocycles. The Hall–Kier alpha value is -3.68. The SMILES string of the molecule is C=CC(=O)Nc1cccc(COC2CCC(Nc3ncc(Cl)c(-c4c[nH]c5ccccc45)n3)CC2)c1. The summed E-state index contributed by atoms with van der Waals surface area (Å²) in [5.74, 6) is 0.361. The summed E-state index contributed by atoms with van der Waals surface area (Å²) >= 11 is 6.47. The first-order chi connectivity index (χ1) is 17.6. The van der Waals surface area contributed by atoms with Gasteiger partial charge < -0.3 is 20.4 Å². The third-order valence-corrected chi connectivity index (χ3v) is 6.74. The third kappa shape index (κ3) is 5.58. The number of hydrogen-bond acceptors (Lipinski definition) is 5. The van der Waals surface area contributed by atoms with Crippen LogP contribution in [0.2, 0.25) is 5.02 Å². The fourth-order valence-corrected chi connectivity index (χ4v) is 4.79. The highest BCUT2D eigenvalue weighted by atomic mass is 35.5. The smallest absolute Gasteiger partial charge is 0.247 e. The number of halogens is 1. The lowest BCUT2D eigenvalue weighted by molar-refractivity contribution is -0.111. The first-order valence-corrected chi connectivity index (χ1v) is 12.5. The maximum Gasteiger partial charge on any atom is 0.247 e. The van der Waals surface area contributed by atoms with Crippen molar-refractivity contribution >= 4 is 40.0 Å². The number of anilines is 2. The van der Waals surface area contributed by atoms with E-state index in [9.17, 15) is 4.79 Å². The molecule has 5 rings (SSSR count). The summed E-state index contributed by atoms with van der Waals surface area (Å²) in [7, 11) is 0. The molecule has 1 amide bonds. The van der Waals surface area contributed by atoms with Gasteiger partial charge in [0.25, 0.3) is 0 Å². The van der Waals surface area contributed by atoms with Crippen molar-refractivity contribution in [3.63, 3.8) is 0 Å². The van der Waals surface area contributed by atoms with Crippen LogP contribution in [0.1, 0.15) is 31.2 Å². The number of hydrogen-bond donors (Lipinski definition) is 3. The number of benzene rings is 2. The van der Waals surface area contributed by atoms with E-state index in [4.69, 9.17) is 21.3 Å². The van der Waals surface area contributed by atoms with Crippen molar-refractivity contribution in [2.24, 2.45) is 0 Å². The number of rotatable bonds is 8. The molecule has 0 radical (unpaired) electrons. The van der Waals surface area contributed by atoms with Gasteiger partial charge in [-0.3, -0.25) is 4.79 Å². The Morgan fingerprint density at radius 2 is 2.00 bits per heavy atom. The fraction of sp³-hybridized carbons (Fsp3) is 0.250. The first kappa shape index (κ1) is 24.0. The number of fused-ring (bicyclic) bond motifs is 1. The fourth-order valence-electron chi connectivity index (χ4n) is 4.60. The van der Waals surface area contributed by atoms with Crippen LogP contribution in [0, 0.1) is 0 Å². The zero-order valence-electron chi connectivity index (χ0n) is 19.8. The van der Waals surface area contributed by atoms with Crippen molar-refractivity contribution in [2.75, 3.05) is 10.6 Å². The van der Waals surface area contributed by atoms with Crippen molar-refractivity contribution in [2.45, 2.75) is 44.4 Å². The van der Waals surface area contributed by atoms with Gasteiger partial charge >= 0.3 is 0 Å². The molecule has 0 saturated heterocycles. The van der Waals surface area contributed by atoms with Gasteiger partial charge in [-0.15, -0.1) is 0 Å². The number of amides is 1. The highest BCUT2D eigenvalue weighted by molar-refractivity contribution is 6.33. The minimum Gasteiger partial charge on any atom is -0.374 e. The van der Waals surface area contributed by atoms with Gasteiger partial charge in [-0.1, -0.05) is 48.5 Å². The second-order valence-electron chi connectivity index (χ2n) is 8.96. The number of aromatic nitrogens is 3. The van der Waals surface area contributed by atoms with Crippen molar-refractivity contribution in [1.29, 1.82) is 0 Å². The average molecular weight is 502 g/mol. The van der Waals surface area contributed by atoms with Gasteiger partial charge in [-0.25, -0.2) is 9.97 Å². The Morgan fingerprint density at radius 3 is 2.83 bits per heavy atom. The van der Waals surface area contributed by atoms with E-state index in [-0.39, 0.29) is 18.1 Å². The number of ether oxygens (including phenoxy) is 1. The number of aromatic amines is 1. The molecule has 2 aromatic carbocycles. The molecule has 3 N–H and O–H groups in total. The van der Waals surface area contributed by atoms with Gasteiger partial charge in [0.15, 0.2) is 0 Å². The lowest BCUT2D eigenvalue weighted by atomic mass is 9.93. The normalized spacial score (nSPS) is 17.6. The Labute approximate surface area is 215 Å². The predicted molar refractivity (Wildman–Crippen MR) is 144 cm³/mol. The molecule has 36 heavy (non-hydrogen) atoms. The Morgan fingerprint density at radius 1 is 1.17 bits per heavy atom. The number of carbonyl (C=O) groups is 1. The number of nitrogens with one attached hydrogen (secondary N) is 3. The minimum atomic E-state index is -0.225. The van der Waals surface area contributed by atoms with Crippen LogP contribution in [-0.4, -0.2) is 33.0 Å². The standard InChI is InChI=1S/C28H28ClN5O2/c1-2-26(35)32-20-7-5-6-18(14-20)17-36-21-12-10-19(11-13-21)33-28-31-16-24(29)27(34-28)23-15-30-25-9-4-3-8-22(23)25/h2-9,14-16,19,21,30H,1,10-13,17H2,(H,32,35)(H,31,33,34). The molecule has 1 aliphatic carbocycles. The molecule has 7 nitrogen and oxygen atoms in total. The molecule has 8 heteroatoms. The monoisotopic (exact) mass is 501 g/mol. The van der Waals surface area contributed by atoms with Crippen LogP contribution in [-0.2, 0) is 16.1 Å². The van der Waals surface area contributed by atoms with Gasteiger partial charge in [0.2, 0.25) is 11.9 Å². The van der Waals surface area contributed by atoms with E-state index in [2.05, 4.69) is 33.2 Å². The van der Waals surface area contributed by atoms with E-state index < -0.39 is 0 Å². The van der Waals surface area contributed by atoms with Gasteiger partial charge in [0.1, 0.15) is 0 Å². The summed E-state index contributed by atoms with van der Waals surface area (Å²) in [4.78, 5) is 24.0. The van der Waals surface area contributed by atoms with Crippen LogP contribution in [0.4, 0.5) is 11.6 Å². The zero-order valence-corrected chi connectivity index (χ0v) is 20.6. The maximum absolute atomic E-state index is 11.5. The Bertz CT molecular complexity index is 1380. The van der Waals surface area contributed by atoms with E-state index in [1.807, 2.05) is 48.7 Å². The van der Waals surface area contributed by atoms with E-state index in [1.165, 1.54) is 6.08 Å². The number of nitrogens with zero attached hydrogens (tertiary/aromatic N) is 2. The molecule has 1 saturated carbocycles. The van der Waals surface area contributed by atoms with Crippen molar-refractivity contribution < 1.29 is 9.53 Å². The summed E-state index contributed by atoms with van der Waals surface area (Å²) < 4.78 is 6.17. The lowest BCUT2D eigenvalue weighted by Crippen LogP contribution is -2.30. The predicted octanol–water partition coefficient (Wildman–Crippen LogP) is 6.34. The van der Waals surface area contributed by atoms with E-state index >= 15 is 0 Å². The van der Waals surface area contributed by atoms with Crippen LogP contribution in [0.25, 0.3) is 22.2 Å². The summed E-state index contributed by atoms with van der Waals surface area (Å²) in [6.45, 7) is 3.99. The van der Waals surface area contributed by atoms with Gasteiger partial charge in [-0.2, -0.15) is 0 Å². The second-order valence-corrected chi connectivity index (χ2v) is 9.37. The minimum absolute atomic E-state index is 0.197. The van der Waals surface area contributed by atoms with Gasteiger partial charge in [-0.05, 0) is 55.5 Å². The molecule has 2 aromatic heterocycles. The van der Waals surface area contributed by atoms with E-state index in [0.717, 1.165) is 59.1 Å². The van der Waals surface area contributed by atoms with Crippen LogP contribution >= 0.6 is 11.6 Å². The number of H-pyrrole nitrogens is 1. The maximum atomic E-state index is 11.5. The van der Waals surface area contributed by atoms with Crippen molar-refractivity contribution in [3.05, 3.63) is 84.2 Å². The topological polar surface area (TPSA) is 91.9 Å². The van der Waals surface area contributed by atoms with E-state index in [1.54, 1.807) is 6.20 Å². The zero-order chi connectivity index (χ0) is 24.9. The molecule has 0 bridgehead atoms. The molecule has 0 atom stereocenters. The van der Waals surface area contributed by atoms with Gasteiger partial charge in [0, 0.05) is 34.4 Å². The molecule has 184 valence electrons. The van der Waals surface area contributed by atoms with Gasteiger partial charge in [0.05, 0.1) is 29.6 Å². The molecule has 4 aromatic rings. The molecule has 1 aliphatic rings. The highest BCUT2D eigenvalue weighted by Gasteiger charge is 2.23. The van der Waals surface area contributed by atoms with Crippen molar-refractivity contribution in [3.8, 4) is 11.3 Å². The number of para-hydroxylation sites is 1. The Balaban J connectivity index is 1.16. The van der Waals surface area contributed by atoms with Crippen molar-refractivity contribution in [1.82, 2.24) is 15.0 Å². The molecule has 0 spiro atoms. The van der Waals surface area contributed by atoms with Crippen LogP contribution in [0.3, 0.4) is 0 Å². The second kappa shape index (κ2) is 10.9. The van der Waals surface area contributed by atoms with Crippen LogP contribution in [0.15, 0.2) is 73.6 Å². The first-order valence-electron chi connectivity index (χ1n) is 12.1. The molecular formula is C28H28ClN5O2. The Kier molecular flexibility index (Phi) is 7.30. The molecule has 0 aliphatic heterocycles. The van der Waals surface area contributed by atoms with Crippen LogP contribution in [0.5, 0.6) is 0 Å². The lowest BCUT2D eigenvalue weighted by Gasteiger charge is -2.29. The summed E-state index contributed by atoms with van der Waals surface area (Å²) in [6.07, 6.45) is 8.89. The molecular weight excluding hydrogens is 474 g/mol. The summed E-state index contributed by atoms with van der Waals surface area (Å²) in [5.41, 5.74) is 4.49. The third-order valence-electron chi connectivity index (χ3n) is 6.46. The largest absolute Gasteiger partial charge is 0.374 e. The molecule has 0 unspecified atom stereocenters. The molecule has 1 fully saturated rings. The highest BCUT2D eigenvalue weighted by Crippen LogP contribution is 2.33. The summed E-state index contributed by atoms with van der Waals surface area (Å²) in [6, 6.07) is 16.1. The summed E-state index contributed by atoms with van der Waals surface area (Å²) in [5, 5.41) is 7.87.